The highest BCUT2D eigenvalue weighted by Crippen LogP contribution is 2.30. The van der Waals surface area contributed by atoms with E-state index < -0.39 is 10.0 Å². The third kappa shape index (κ3) is 8.55. The van der Waals surface area contributed by atoms with E-state index in [2.05, 4.69) is 5.32 Å². The van der Waals surface area contributed by atoms with Crippen molar-refractivity contribution in [3.05, 3.63) is 63.1 Å². The molecule has 30 heavy (non-hydrogen) atoms. The van der Waals surface area contributed by atoms with E-state index in [-0.39, 0.29) is 23.9 Å². The van der Waals surface area contributed by atoms with E-state index >= 15 is 0 Å². The van der Waals surface area contributed by atoms with Crippen molar-refractivity contribution in [2.45, 2.75) is 18.6 Å². The summed E-state index contributed by atoms with van der Waals surface area (Å²) < 4.78 is 25.5. The van der Waals surface area contributed by atoms with Gasteiger partial charge in [0.25, 0.3) is 0 Å². The number of carbonyl (C=O) groups is 1. The zero-order valence-corrected chi connectivity index (χ0v) is 20.3. The summed E-state index contributed by atoms with van der Waals surface area (Å²) >= 11 is 19.8. The number of thioether (sulfide) groups is 1. The van der Waals surface area contributed by atoms with Gasteiger partial charge < -0.3 is 5.32 Å². The minimum Gasteiger partial charge on any atom is -0.355 e. The molecule has 0 aliphatic heterocycles. The smallest absolute Gasteiger partial charge is 0.232 e. The van der Waals surface area contributed by atoms with Gasteiger partial charge in [-0.05, 0) is 42.3 Å². The highest BCUT2D eigenvalue weighted by molar-refractivity contribution is 7.98. The molecule has 0 saturated carbocycles. The molecule has 2 aromatic rings. The number of hydrogen-bond donors (Lipinski definition) is 1. The van der Waals surface area contributed by atoms with Gasteiger partial charge in [-0.15, -0.1) is 0 Å². The number of carbonyl (C=O) groups excluding carboxylic acids is 1. The van der Waals surface area contributed by atoms with Crippen molar-refractivity contribution < 1.29 is 13.2 Å². The SMILES string of the molecule is CS(=O)(=O)N(CCCC(=O)NCCSCc1cccc(Cl)c1)c1cc(Cl)ccc1Cl. The van der Waals surface area contributed by atoms with Gasteiger partial charge in [0, 0.05) is 41.1 Å². The third-order valence-corrected chi connectivity index (χ3v) is 7.07. The van der Waals surface area contributed by atoms with E-state index in [1.807, 2.05) is 24.3 Å². The first kappa shape index (κ1) is 25.1. The second-order valence-corrected chi connectivity index (χ2v) is 10.9. The van der Waals surface area contributed by atoms with Gasteiger partial charge in [-0.3, -0.25) is 9.10 Å². The fourth-order valence-electron chi connectivity index (χ4n) is 2.69. The monoisotopic (exact) mass is 508 g/mol. The highest BCUT2D eigenvalue weighted by atomic mass is 35.5. The van der Waals surface area contributed by atoms with E-state index in [1.165, 1.54) is 10.4 Å². The van der Waals surface area contributed by atoms with Crippen LogP contribution in [0.25, 0.3) is 0 Å². The van der Waals surface area contributed by atoms with E-state index in [0.717, 1.165) is 23.3 Å². The van der Waals surface area contributed by atoms with Crippen LogP contribution in [0.3, 0.4) is 0 Å². The van der Waals surface area contributed by atoms with Gasteiger partial charge in [-0.25, -0.2) is 8.42 Å². The molecule has 2 aromatic carbocycles. The molecule has 1 N–H and O–H groups in total. The predicted molar refractivity (Wildman–Crippen MR) is 129 cm³/mol. The van der Waals surface area contributed by atoms with Gasteiger partial charge in [-0.1, -0.05) is 46.9 Å². The molecule has 164 valence electrons. The Morgan fingerprint density at radius 1 is 1.10 bits per heavy atom. The number of anilines is 1. The van der Waals surface area contributed by atoms with Crippen molar-refractivity contribution in [2.75, 3.05) is 29.4 Å². The number of rotatable bonds is 11. The quantitative estimate of drug-likeness (QED) is 0.421. The van der Waals surface area contributed by atoms with Crippen molar-refractivity contribution in [3.63, 3.8) is 0 Å². The first-order valence-corrected chi connectivity index (χ1v) is 13.3. The maximum absolute atomic E-state index is 12.2. The first-order chi connectivity index (χ1) is 14.2. The molecule has 0 aromatic heterocycles. The summed E-state index contributed by atoms with van der Waals surface area (Å²) in [6.07, 6.45) is 1.67. The Morgan fingerprint density at radius 2 is 1.83 bits per heavy atom. The molecule has 0 fully saturated rings. The fourth-order valence-corrected chi connectivity index (χ4v) is 5.12. The van der Waals surface area contributed by atoms with Crippen LogP contribution in [0.5, 0.6) is 0 Å². The minimum atomic E-state index is -3.56. The zero-order valence-electron chi connectivity index (χ0n) is 16.4. The van der Waals surface area contributed by atoms with Crippen LogP contribution in [-0.2, 0) is 20.6 Å². The summed E-state index contributed by atoms with van der Waals surface area (Å²) in [5.74, 6) is 1.47. The molecule has 10 heteroatoms. The lowest BCUT2D eigenvalue weighted by molar-refractivity contribution is -0.121. The molecule has 0 atom stereocenters. The second kappa shape index (κ2) is 12.1. The molecule has 0 heterocycles. The lowest BCUT2D eigenvalue weighted by Crippen LogP contribution is -2.32. The molecule has 0 unspecified atom stereocenters. The Kier molecular flexibility index (Phi) is 10.1. The normalized spacial score (nSPS) is 11.3. The molecular weight excluding hydrogens is 487 g/mol. The Labute approximate surface area is 197 Å². The van der Waals surface area contributed by atoms with E-state index in [1.54, 1.807) is 23.9 Å². The second-order valence-electron chi connectivity index (χ2n) is 6.57. The molecule has 1 amide bonds. The van der Waals surface area contributed by atoms with Gasteiger partial charge in [0.1, 0.15) is 0 Å². The number of sulfonamides is 1. The molecular formula is C20H23Cl3N2O3S2. The van der Waals surface area contributed by atoms with Crippen LogP contribution in [0.4, 0.5) is 5.69 Å². The van der Waals surface area contributed by atoms with Gasteiger partial charge in [0.2, 0.25) is 15.9 Å². The van der Waals surface area contributed by atoms with Gasteiger partial charge >= 0.3 is 0 Å². The maximum atomic E-state index is 12.2. The molecule has 0 bridgehead atoms. The molecule has 0 radical (unpaired) electrons. The van der Waals surface area contributed by atoms with Crippen LogP contribution in [-0.4, -0.2) is 39.4 Å². The zero-order chi connectivity index (χ0) is 22.1. The molecule has 0 spiro atoms. The van der Waals surface area contributed by atoms with Crippen molar-refractivity contribution in [1.82, 2.24) is 5.32 Å². The Bertz CT molecular complexity index is 972. The van der Waals surface area contributed by atoms with Crippen LogP contribution in [0, 0.1) is 0 Å². The van der Waals surface area contributed by atoms with E-state index in [9.17, 15) is 13.2 Å². The standard InChI is InChI=1S/C20H23Cl3N2O3S2/c1-30(27,28)25(19-13-17(22)7-8-18(19)23)10-3-6-20(26)24-9-11-29-14-15-4-2-5-16(21)12-15/h2,4-5,7-8,12-13H,3,6,9-11,14H2,1H3,(H,24,26). The summed E-state index contributed by atoms with van der Waals surface area (Å²) in [6.45, 7) is 0.676. The average Bonchev–Trinajstić information content (AvgIpc) is 2.66. The van der Waals surface area contributed by atoms with Gasteiger partial charge in [0.05, 0.1) is 17.0 Å². The number of amides is 1. The number of hydrogen-bond acceptors (Lipinski definition) is 4. The number of nitrogens with zero attached hydrogens (tertiary/aromatic N) is 1. The van der Waals surface area contributed by atoms with Crippen LogP contribution in [0.1, 0.15) is 18.4 Å². The molecule has 5 nitrogen and oxygen atoms in total. The summed E-state index contributed by atoms with van der Waals surface area (Å²) in [7, 11) is -3.56. The first-order valence-electron chi connectivity index (χ1n) is 9.18. The summed E-state index contributed by atoms with van der Waals surface area (Å²) in [6, 6.07) is 12.3. The minimum absolute atomic E-state index is 0.121. The maximum Gasteiger partial charge on any atom is 0.232 e. The topological polar surface area (TPSA) is 66.5 Å². The van der Waals surface area contributed by atoms with Gasteiger partial charge in [0.15, 0.2) is 0 Å². The molecule has 2 rings (SSSR count). The van der Waals surface area contributed by atoms with Crippen molar-refractivity contribution >= 4 is 68.2 Å². The van der Waals surface area contributed by atoms with Crippen molar-refractivity contribution in [1.29, 1.82) is 0 Å². The summed E-state index contributed by atoms with van der Waals surface area (Å²) in [4.78, 5) is 12.1. The summed E-state index contributed by atoms with van der Waals surface area (Å²) in [5, 5.41) is 4.23. The number of halogens is 3. The van der Waals surface area contributed by atoms with Crippen LogP contribution in [0.15, 0.2) is 42.5 Å². The van der Waals surface area contributed by atoms with E-state index in [4.69, 9.17) is 34.8 Å². The van der Waals surface area contributed by atoms with Crippen LogP contribution in [0.2, 0.25) is 15.1 Å². The van der Waals surface area contributed by atoms with Crippen molar-refractivity contribution in [3.8, 4) is 0 Å². The number of benzene rings is 2. The number of nitrogens with one attached hydrogen (secondary N) is 1. The molecule has 0 saturated heterocycles. The van der Waals surface area contributed by atoms with Crippen LogP contribution >= 0.6 is 46.6 Å². The lowest BCUT2D eigenvalue weighted by atomic mass is 10.2. The third-order valence-electron chi connectivity index (χ3n) is 4.07. The predicted octanol–water partition coefficient (Wildman–Crippen LogP) is 5.24. The molecule has 0 aliphatic carbocycles. The van der Waals surface area contributed by atoms with E-state index in [0.29, 0.717) is 28.7 Å². The molecule has 0 aliphatic rings. The fraction of sp³-hybridized carbons (Fsp3) is 0.350. The lowest BCUT2D eigenvalue weighted by Gasteiger charge is -2.23. The Morgan fingerprint density at radius 3 is 2.53 bits per heavy atom. The Balaban J connectivity index is 1.74. The highest BCUT2D eigenvalue weighted by Gasteiger charge is 2.20. The van der Waals surface area contributed by atoms with Gasteiger partial charge in [-0.2, -0.15) is 11.8 Å². The largest absolute Gasteiger partial charge is 0.355 e. The average molecular weight is 510 g/mol. The van der Waals surface area contributed by atoms with Crippen molar-refractivity contribution in [2.24, 2.45) is 0 Å². The van der Waals surface area contributed by atoms with Crippen LogP contribution < -0.4 is 9.62 Å². The summed E-state index contributed by atoms with van der Waals surface area (Å²) in [5.41, 5.74) is 1.45. The Hall–Kier alpha value is -1.12.